The summed E-state index contributed by atoms with van der Waals surface area (Å²) in [5, 5.41) is 9.15. The number of carboxylic acid groups (broad SMARTS) is 1. The van der Waals surface area contributed by atoms with Gasteiger partial charge in [0.05, 0.1) is 12.0 Å². The first-order valence-corrected chi connectivity index (χ1v) is 5.65. The summed E-state index contributed by atoms with van der Waals surface area (Å²) >= 11 is 0. The van der Waals surface area contributed by atoms with Gasteiger partial charge in [0.2, 0.25) is 0 Å². The lowest BCUT2D eigenvalue weighted by Gasteiger charge is -2.11. The first-order chi connectivity index (χ1) is 8.19. The molecule has 0 saturated heterocycles. The molecule has 4 nitrogen and oxygen atoms in total. The number of benzene rings is 1. The SMILES string of the molecule is COCCOc1ccc(C2(C(=O)O)CC2)cc1. The number of ether oxygens (including phenoxy) is 2. The topological polar surface area (TPSA) is 55.8 Å². The van der Waals surface area contributed by atoms with Crippen molar-refractivity contribution < 1.29 is 19.4 Å². The number of aliphatic carboxylic acids is 1. The molecule has 1 aromatic carbocycles. The minimum Gasteiger partial charge on any atom is -0.491 e. The van der Waals surface area contributed by atoms with Crippen LogP contribution in [-0.2, 0) is 14.9 Å². The predicted molar refractivity (Wildman–Crippen MR) is 62.4 cm³/mol. The van der Waals surface area contributed by atoms with Gasteiger partial charge in [-0.15, -0.1) is 0 Å². The summed E-state index contributed by atoms with van der Waals surface area (Å²) < 4.78 is 10.3. The molecule has 0 atom stereocenters. The number of hydrogen-bond donors (Lipinski definition) is 1. The molecule has 0 unspecified atom stereocenters. The van der Waals surface area contributed by atoms with Crippen LogP contribution in [0.3, 0.4) is 0 Å². The number of rotatable bonds is 6. The highest BCUT2D eigenvalue weighted by molar-refractivity contribution is 5.84. The predicted octanol–water partition coefficient (Wildman–Crippen LogP) is 1.83. The second-order valence-electron chi connectivity index (χ2n) is 4.25. The van der Waals surface area contributed by atoms with Crippen molar-refractivity contribution in [3.8, 4) is 5.75 Å². The molecule has 17 heavy (non-hydrogen) atoms. The van der Waals surface area contributed by atoms with Crippen LogP contribution in [0.2, 0.25) is 0 Å². The first-order valence-electron chi connectivity index (χ1n) is 5.65. The quantitative estimate of drug-likeness (QED) is 0.765. The average Bonchev–Trinajstić information content (AvgIpc) is 3.11. The van der Waals surface area contributed by atoms with Crippen molar-refractivity contribution in [1.82, 2.24) is 0 Å². The third kappa shape index (κ3) is 2.42. The van der Waals surface area contributed by atoms with Crippen LogP contribution in [0.15, 0.2) is 24.3 Å². The van der Waals surface area contributed by atoms with Crippen LogP contribution >= 0.6 is 0 Å². The second kappa shape index (κ2) is 4.75. The Bertz CT molecular complexity index is 392. The van der Waals surface area contributed by atoms with Crippen LogP contribution in [-0.4, -0.2) is 31.4 Å². The van der Waals surface area contributed by atoms with Crippen molar-refractivity contribution in [3.63, 3.8) is 0 Å². The van der Waals surface area contributed by atoms with Crippen LogP contribution in [0.4, 0.5) is 0 Å². The highest BCUT2D eigenvalue weighted by Crippen LogP contribution is 2.48. The molecule has 0 heterocycles. The Morgan fingerprint density at radius 1 is 1.29 bits per heavy atom. The van der Waals surface area contributed by atoms with Crippen molar-refractivity contribution in [2.24, 2.45) is 0 Å². The summed E-state index contributed by atoms with van der Waals surface area (Å²) in [6, 6.07) is 7.30. The van der Waals surface area contributed by atoms with Gasteiger partial charge in [-0.25, -0.2) is 0 Å². The van der Waals surface area contributed by atoms with E-state index in [0.717, 1.165) is 24.2 Å². The van der Waals surface area contributed by atoms with Gasteiger partial charge in [0.25, 0.3) is 0 Å². The number of carboxylic acids is 1. The molecule has 1 aromatic rings. The Morgan fingerprint density at radius 3 is 2.41 bits per heavy atom. The zero-order chi connectivity index (χ0) is 12.3. The van der Waals surface area contributed by atoms with E-state index < -0.39 is 11.4 Å². The minimum absolute atomic E-state index is 0.500. The van der Waals surface area contributed by atoms with Crippen molar-refractivity contribution in [2.75, 3.05) is 20.3 Å². The maximum atomic E-state index is 11.1. The van der Waals surface area contributed by atoms with Crippen LogP contribution in [0.1, 0.15) is 18.4 Å². The number of methoxy groups -OCH3 is 1. The highest BCUT2D eigenvalue weighted by Gasteiger charge is 2.51. The Kier molecular flexibility index (Phi) is 3.33. The largest absolute Gasteiger partial charge is 0.491 e. The molecule has 4 heteroatoms. The standard InChI is InChI=1S/C13H16O4/c1-16-8-9-17-11-4-2-10(3-5-11)13(6-7-13)12(14)15/h2-5H,6-9H2,1H3,(H,14,15). The highest BCUT2D eigenvalue weighted by atomic mass is 16.5. The third-order valence-electron chi connectivity index (χ3n) is 3.12. The van der Waals surface area contributed by atoms with Crippen molar-refractivity contribution in [1.29, 1.82) is 0 Å². The van der Waals surface area contributed by atoms with Crippen molar-refractivity contribution >= 4 is 5.97 Å². The van der Waals surface area contributed by atoms with E-state index in [-0.39, 0.29) is 0 Å². The van der Waals surface area contributed by atoms with E-state index >= 15 is 0 Å². The fourth-order valence-corrected chi connectivity index (χ4v) is 1.86. The van der Waals surface area contributed by atoms with Gasteiger partial charge in [0.15, 0.2) is 0 Å². The third-order valence-corrected chi connectivity index (χ3v) is 3.12. The fourth-order valence-electron chi connectivity index (χ4n) is 1.86. The van der Waals surface area contributed by atoms with E-state index in [9.17, 15) is 4.79 Å². The monoisotopic (exact) mass is 236 g/mol. The molecule has 1 N–H and O–H groups in total. The summed E-state index contributed by atoms with van der Waals surface area (Å²) in [7, 11) is 1.62. The van der Waals surface area contributed by atoms with E-state index in [1.807, 2.05) is 24.3 Å². The van der Waals surface area contributed by atoms with E-state index in [2.05, 4.69) is 0 Å². The molecule has 0 bridgehead atoms. The normalized spacial score (nSPS) is 16.5. The first kappa shape index (κ1) is 11.9. The Labute approximate surface area is 100 Å². The maximum absolute atomic E-state index is 11.1. The zero-order valence-electron chi connectivity index (χ0n) is 9.81. The summed E-state index contributed by atoms with van der Waals surface area (Å²) in [5.74, 6) is 0.0116. The summed E-state index contributed by atoms with van der Waals surface area (Å²) in [6.07, 6.45) is 1.46. The van der Waals surface area contributed by atoms with Crippen LogP contribution < -0.4 is 4.74 Å². The average molecular weight is 236 g/mol. The van der Waals surface area contributed by atoms with Crippen LogP contribution in [0.25, 0.3) is 0 Å². The molecular formula is C13H16O4. The second-order valence-corrected chi connectivity index (χ2v) is 4.25. The van der Waals surface area contributed by atoms with Gasteiger partial charge in [-0.05, 0) is 30.5 Å². The van der Waals surface area contributed by atoms with Crippen molar-refractivity contribution in [2.45, 2.75) is 18.3 Å². The summed E-state index contributed by atoms with van der Waals surface area (Å²) in [4.78, 5) is 11.1. The molecule has 0 radical (unpaired) electrons. The summed E-state index contributed by atoms with van der Waals surface area (Å²) in [6.45, 7) is 1.04. The van der Waals surface area contributed by atoms with E-state index in [1.54, 1.807) is 7.11 Å². The molecule has 0 aromatic heterocycles. The number of hydrogen-bond acceptors (Lipinski definition) is 3. The smallest absolute Gasteiger partial charge is 0.314 e. The molecule has 0 aliphatic heterocycles. The Balaban J connectivity index is 2.01. The van der Waals surface area contributed by atoms with E-state index in [0.29, 0.717) is 13.2 Å². The molecule has 2 rings (SSSR count). The summed E-state index contributed by atoms with van der Waals surface area (Å²) in [5.41, 5.74) is 0.231. The lowest BCUT2D eigenvalue weighted by Crippen LogP contribution is -2.19. The lowest BCUT2D eigenvalue weighted by molar-refractivity contribution is -0.140. The molecule has 1 fully saturated rings. The molecular weight excluding hydrogens is 220 g/mol. The van der Waals surface area contributed by atoms with Gasteiger partial charge in [-0.1, -0.05) is 12.1 Å². The van der Waals surface area contributed by atoms with Gasteiger partial charge < -0.3 is 14.6 Å². The molecule has 0 amide bonds. The van der Waals surface area contributed by atoms with Gasteiger partial charge >= 0.3 is 5.97 Å². The van der Waals surface area contributed by atoms with Gasteiger partial charge in [0.1, 0.15) is 12.4 Å². The van der Waals surface area contributed by atoms with Crippen molar-refractivity contribution in [3.05, 3.63) is 29.8 Å². The number of carbonyl (C=O) groups is 1. The van der Waals surface area contributed by atoms with Crippen LogP contribution in [0, 0.1) is 0 Å². The molecule has 1 aliphatic rings. The minimum atomic E-state index is -0.731. The Hall–Kier alpha value is -1.55. The molecule has 1 aliphatic carbocycles. The van der Waals surface area contributed by atoms with E-state index in [1.165, 1.54) is 0 Å². The molecule has 92 valence electrons. The lowest BCUT2D eigenvalue weighted by atomic mass is 9.96. The van der Waals surface area contributed by atoms with Gasteiger partial charge in [0, 0.05) is 7.11 Å². The molecule has 1 saturated carbocycles. The van der Waals surface area contributed by atoms with Gasteiger partial charge in [-0.3, -0.25) is 4.79 Å². The molecule has 0 spiro atoms. The van der Waals surface area contributed by atoms with Crippen LogP contribution in [0.5, 0.6) is 5.75 Å². The van der Waals surface area contributed by atoms with Gasteiger partial charge in [-0.2, -0.15) is 0 Å². The maximum Gasteiger partial charge on any atom is 0.314 e. The van der Waals surface area contributed by atoms with E-state index in [4.69, 9.17) is 14.6 Å². The zero-order valence-corrected chi connectivity index (χ0v) is 9.81. The fraction of sp³-hybridized carbons (Fsp3) is 0.462. The Morgan fingerprint density at radius 2 is 1.94 bits per heavy atom.